The number of halogens is 2. The van der Waals surface area contributed by atoms with Crippen molar-refractivity contribution in [3.05, 3.63) is 59.7 Å². The largest absolute Gasteiger partial charge is 0.481 e. The summed E-state index contributed by atoms with van der Waals surface area (Å²) in [7, 11) is 0. The number of alkyl halides is 2. The Hall–Kier alpha value is -3.49. The monoisotopic (exact) mass is 472 g/mol. The number of hydrogen-bond acceptors (Lipinski definition) is 4. The fourth-order valence-corrected chi connectivity index (χ4v) is 4.92. The van der Waals surface area contributed by atoms with Crippen LogP contribution in [0.1, 0.15) is 42.7 Å². The van der Waals surface area contributed by atoms with E-state index in [0.717, 1.165) is 22.3 Å². The van der Waals surface area contributed by atoms with Crippen LogP contribution in [0.2, 0.25) is 0 Å². The zero-order chi connectivity index (χ0) is 24.2. The van der Waals surface area contributed by atoms with Gasteiger partial charge < -0.3 is 20.5 Å². The molecule has 0 bridgehead atoms. The van der Waals surface area contributed by atoms with Crippen molar-refractivity contribution in [2.45, 2.75) is 50.1 Å². The number of carboxylic acids is 1. The van der Waals surface area contributed by atoms with Crippen LogP contribution in [0.4, 0.5) is 13.6 Å². The second-order valence-corrected chi connectivity index (χ2v) is 8.66. The molecule has 180 valence electrons. The van der Waals surface area contributed by atoms with Crippen LogP contribution in [0.25, 0.3) is 11.1 Å². The first-order valence-corrected chi connectivity index (χ1v) is 11.3. The number of amides is 2. The molecule has 4 rings (SSSR count). The first-order chi connectivity index (χ1) is 16.3. The fraction of sp³-hybridized carbons (Fsp3) is 0.400. The number of ether oxygens (including phenoxy) is 1. The minimum absolute atomic E-state index is 0.108. The van der Waals surface area contributed by atoms with Crippen molar-refractivity contribution in [1.29, 1.82) is 0 Å². The molecular weight excluding hydrogens is 446 g/mol. The average molecular weight is 472 g/mol. The summed E-state index contributed by atoms with van der Waals surface area (Å²) >= 11 is 0. The zero-order valence-corrected chi connectivity index (χ0v) is 18.4. The summed E-state index contributed by atoms with van der Waals surface area (Å²) < 4.78 is 31.7. The Labute approximate surface area is 195 Å². The van der Waals surface area contributed by atoms with Crippen molar-refractivity contribution in [2.75, 3.05) is 6.61 Å². The van der Waals surface area contributed by atoms with Crippen molar-refractivity contribution < 1.29 is 33.0 Å². The fourth-order valence-electron chi connectivity index (χ4n) is 4.92. The molecule has 9 heteroatoms. The Bertz CT molecular complexity index is 1030. The predicted molar refractivity (Wildman–Crippen MR) is 120 cm³/mol. The van der Waals surface area contributed by atoms with Gasteiger partial charge in [-0.3, -0.25) is 9.59 Å². The van der Waals surface area contributed by atoms with E-state index in [-0.39, 0.29) is 12.5 Å². The number of rotatable bonds is 8. The molecule has 3 N–H and O–H groups in total. The summed E-state index contributed by atoms with van der Waals surface area (Å²) in [5.41, 5.74) is 4.36. The Morgan fingerprint density at radius 2 is 1.62 bits per heavy atom. The molecule has 0 heterocycles. The highest BCUT2D eigenvalue weighted by Gasteiger charge is 2.37. The second kappa shape index (κ2) is 10.2. The Morgan fingerprint density at radius 1 is 1.00 bits per heavy atom. The molecule has 34 heavy (non-hydrogen) atoms. The van der Waals surface area contributed by atoms with Crippen LogP contribution >= 0.6 is 0 Å². The van der Waals surface area contributed by atoms with Crippen LogP contribution in [-0.4, -0.2) is 48.2 Å². The van der Waals surface area contributed by atoms with E-state index in [0.29, 0.717) is 19.3 Å². The lowest BCUT2D eigenvalue weighted by Gasteiger charge is -2.23. The van der Waals surface area contributed by atoms with Gasteiger partial charge in [-0.1, -0.05) is 55.0 Å². The van der Waals surface area contributed by atoms with Gasteiger partial charge in [0.25, 0.3) is 6.43 Å². The number of carboxylic acid groups (broad SMARTS) is 1. The molecule has 1 saturated carbocycles. The van der Waals surface area contributed by atoms with E-state index >= 15 is 0 Å². The Kier molecular flexibility index (Phi) is 7.09. The summed E-state index contributed by atoms with van der Waals surface area (Å²) in [5, 5.41) is 13.6. The van der Waals surface area contributed by atoms with Crippen LogP contribution in [0.15, 0.2) is 48.5 Å². The molecule has 2 aliphatic carbocycles. The van der Waals surface area contributed by atoms with Gasteiger partial charge in [-0.15, -0.1) is 0 Å². The lowest BCUT2D eigenvalue weighted by atomic mass is 9.98. The molecule has 0 spiro atoms. The zero-order valence-electron chi connectivity index (χ0n) is 18.4. The molecule has 0 radical (unpaired) electrons. The van der Waals surface area contributed by atoms with Crippen LogP contribution in [0, 0.1) is 5.92 Å². The number of benzene rings is 2. The summed E-state index contributed by atoms with van der Waals surface area (Å²) in [6.45, 7) is 0.121. The van der Waals surface area contributed by atoms with E-state index in [1.807, 2.05) is 48.5 Å². The third-order valence-corrected chi connectivity index (χ3v) is 6.53. The molecule has 2 aliphatic rings. The lowest BCUT2D eigenvalue weighted by Crippen LogP contribution is -2.49. The van der Waals surface area contributed by atoms with Crippen LogP contribution in [0.3, 0.4) is 0 Å². The number of aliphatic carboxylic acids is 1. The summed E-state index contributed by atoms with van der Waals surface area (Å²) in [6, 6.07) is 13.6. The van der Waals surface area contributed by atoms with Crippen molar-refractivity contribution in [3.8, 4) is 11.1 Å². The molecule has 1 fully saturated rings. The van der Waals surface area contributed by atoms with Crippen LogP contribution < -0.4 is 10.6 Å². The van der Waals surface area contributed by atoms with Crippen LogP contribution in [-0.2, 0) is 14.3 Å². The summed E-state index contributed by atoms with van der Waals surface area (Å²) in [6.07, 6.45) is -3.02. The first kappa shape index (κ1) is 23.7. The highest BCUT2D eigenvalue weighted by Crippen LogP contribution is 2.44. The number of carbonyl (C=O) groups is 3. The van der Waals surface area contributed by atoms with Crippen molar-refractivity contribution in [1.82, 2.24) is 10.6 Å². The molecule has 7 nitrogen and oxygen atoms in total. The Morgan fingerprint density at radius 3 is 2.21 bits per heavy atom. The van der Waals surface area contributed by atoms with Gasteiger partial charge in [-0.25, -0.2) is 13.6 Å². The molecular formula is C25H26F2N2O5. The van der Waals surface area contributed by atoms with Crippen molar-refractivity contribution in [3.63, 3.8) is 0 Å². The van der Waals surface area contributed by atoms with Gasteiger partial charge in [0.05, 0.1) is 12.3 Å². The van der Waals surface area contributed by atoms with E-state index in [9.17, 15) is 23.2 Å². The number of carbonyl (C=O) groups excluding carboxylic acids is 2. The Balaban J connectivity index is 1.36. The molecule has 1 unspecified atom stereocenters. The molecule has 2 amide bonds. The third kappa shape index (κ3) is 5.03. The van der Waals surface area contributed by atoms with Crippen LogP contribution in [0.5, 0.6) is 0 Å². The number of hydrogen-bond donors (Lipinski definition) is 3. The molecule has 0 aliphatic heterocycles. The third-order valence-electron chi connectivity index (χ3n) is 6.53. The van der Waals surface area contributed by atoms with E-state index in [4.69, 9.17) is 9.84 Å². The number of alkyl carbamates (subject to hydrolysis) is 1. The maximum Gasteiger partial charge on any atom is 0.407 e. The topological polar surface area (TPSA) is 105 Å². The second-order valence-electron chi connectivity index (χ2n) is 8.66. The predicted octanol–water partition coefficient (Wildman–Crippen LogP) is 3.92. The van der Waals surface area contributed by atoms with Gasteiger partial charge in [-0.05, 0) is 35.1 Å². The van der Waals surface area contributed by atoms with Gasteiger partial charge in [-0.2, -0.15) is 0 Å². The van der Waals surface area contributed by atoms with Gasteiger partial charge in [0.2, 0.25) is 5.91 Å². The normalized spacial score (nSPS) is 19.9. The summed E-state index contributed by atoms with van der Waals surface area (Å²) in [4.78, 5) is 35.9. The maximum atomic E-state index is 13.1. The first-order valence-electron chi connectivity index (χ1n) is 11.3. The minimum atomic E-state index is -3.00. The molecule has 2 aromatic carbocycles. The number of fused-ring (bicyclic) bond motifs is 3. The van der Waals surface area contributed by atoms with E-state index in [1.54, 1.807) is 0 Å². The quantitative estimate of drug-likeness (QED) is 0.540. The minimum Gasteiger partial charge on any atom is -0.481 e. The molecule has 3 atom stereocenters. The molecule has 0 saturated heterocycles. The van der Waals surface area contributed by atoms with Gasteiger partial charge in [0, 0.05) is 12.0 Å². The van der Waals surface area contributed by atoms with Gasteiger partial charge >= 0.3 is 12.1 Å². The van der Waals surface area contributed by atoms with Crippen molar-refractivity contribution >= 4 is 18.0 Å². The summed E-state index contributed by atoms with van der Waals surface area (Å²) in [5.74, 6) is -2.95. The van der Waals surface area contributed by atoms with Gasteiger partial charge in [0.15, 0.2) is 0 Å². The van der Waals surface area contributed by atoms with Gasteiger partial charge in [0.1, 0.15) is 12.6 Å². The standard InChI is InChI=1S/C25H26F2N2O5/c26-23(27)21(12-22(30)31)28-24(32)18-10-5-11-20(18)29-25(33)34-13-19-16-8-3-1-6-14(16)15-7-2-4-9-17(15)19/h1-4,6-9,18-21,23H,5,10-13H2,(H,28,32)(H,29,33)(H,30,31)/t18-,20+,21?/m0/s1. The highest BCUT2D eigenvalue weighted by molar-refractivity contribution is 5.82. The van der Waals surface area contributed by atoms with E-state index < -0.39 is 48.8 Å². The number of nitrogens with one attached hydrogen (secondary N) is 2. The average Bonchev–Trinajstić information content (AvgIpc) is 3.39. The van der Waals surface area contributed by atoms with Crippen molar-refractivity contribution in [2.24, 2.45) is 5.92 Å². The van der Waals surface area contributed by atoms with E-state index in [2.05, 4.69) is 10.6 Å². The van der Waals surface area contributed by atoms with E-state index in [1.165, 1.54) is 0 Å². The molecule has 2 aromatic rings. The lowest BCUT2D eigenvalue weighted by molar-refractivity contribution is -0.139. The highest BCUT2D eigenvalue weighted by atomic mass is 19.3. The maximum absolute atomic E-state index is 13.1. The molecule has 0 aromatic heterocycles. The SMILES string of the molecule is O=C(O)CC(NC(=O)[C@H]1CCC[C@H]1NC(=O)OCC1c2ccccc2-c2ccccc21)C(F)F. The smallest absolute Gasteiger partial charge is 0.407 e.